The van der Waals surface area contributed by atoms with Gasteiger partial charge in [0.1, 0.15) is 0 Å². The zero-order valence-corrected chi connectivity index (χ0v) is 11.6. The fraction of sp³-hybridized carbons (Fsp3) is 1.00. The molecule has 0 spiro atoms. The van der Waals surface area contributed by atoms with Gasteiger partial charge in [0, 0.05) is 0 Å². The standard InChI is InChI=1S/C8H18P.Al.2ClH/c1-3-5-7-9-8-6-4-2;;;/h3-8H2,1-2H3;;2*1H/q-1;+3;;/p-2. The maximum Gasteiger partial charge on any atom is -1.00 e. The topological polar surface area (TPSA) is 0 Å². The molecule has 0 aromatic rings. The number of unbranched alkanes of at least 4 members (excludes halogenated alkanes) is 2. The predicted molar refractivity (Wildman–Crippen MR) is 52.2 cm³/mol. The van der Waals surface area contributed by atoms with Crippen LogP contribution in [0, 0.1) is 0 Å². The molecule has 0 bridgehead atoms. The van der Waals surface area contributed by atoms with Gasteiger partial charge in [-0.2, -0.15) is 0 Å². The summed E-state index contributed by atoms with van der Waals surface area (Å²) >= 11 is 3.02. The third-order valence-electron chi connectivity index (χ3n) is 1.60. The number of rotatable bonds is 6. The van der Waals surface area contributed by atoms with Crippen molar-refractivity contribution in [1.29, 1.82) is 0 Å². The van der Waals surface area contributed by atoms with Crippen molar-refractivity contribution in [2.24, 2.45) is 0 Å². The van der Waals surface area contributed by atoms with Crippen LogP contribution in [0.25, 0.3) is 0 Å². The summed E-state index contributed by atoms with van der Waals surface area (Å²) in [5, 5.41) is 0. The molecule has 0 aromatic carbocycles. The first-order valence-electron chi connectivity index (χ1n) is 4.30. The minimum atomic E-state index is 0. The molecule has 0 unspecified atom stereocenters. The molecule has 0 aromatic heterocycles. The van der Waals surface area contributed by atoms with E-state index in [1.807, 2.05) is 0 Å². The Kier molecular flexibility index (Phi) is 24.0. The predicted octanol–water partition coefficient (Wildman–Crippen LogP) is -2.84. The molecule has 0 amide bonds. The Morgan fingerprint density at radius 1 is 0.917 bits per heavy atom. The average Bonchev–Trinajstić information content (AvgIpc) is 1.97. The Morgan fingerprint density at radius 2 is 1.25 bits per heavy atom. The molecule has 0 saturated heterocycles. The van der Waals surface area contributed by atoms with E-state index in [0.717, 1.165) is 0 Å². The van der Waals surface area contributed by atoms with Gasteiger partial charge in [-0.15, -0.1) is 0 Å². The first-order chi connectivity index (χ1) is 4.81. The molecule has 0 nitrogen and oxygen atoms in total. The summed E-state index contributed by atoms with van der Waals surface area (Å²) in [6.07, 6.45) is 8.52. The van der Waals surface area contributed by atoms with E-state index in [4.69, 9.17) is 0 Å². The summed E-state index contributed by atoms with van der Waals surface area (Å²) in [5.74, 6) is 0. The van der Waals surface area contributed by atoms with E-state index in [1.54, 1.807) is 0 Å². The summed E-state index contributed by atoms with van der Waals surface area (Å²) in [6, 6.07) is 0. The monoisotopic (exact) mass is 242 g/mol. The van der Waals surface area contributed by atoms with Gasteiger partial charge < -0.3 is 24.8 Å². The summed E-state index contributed by atoms with van der Waals surface area (Å²) in [6.45, 7) is 4.87. The number of hydrogen-bond acceptors (Lipinski definition) is 0. The molecule has 0 rings (SSSR count). The van der Waals surface area contributed by atoms with Crippen LogP contribution in [0.3, 0.4) is 0 Å². The molecule has 0 aliphatic carbocycles. The minimum absolute atomic E-state index is 0. The van der Waals surface area contributed by atoms with Gasteiger partial charge in [-0.3, -0.25) is 0 Å². The van der Waals surface area contributed by atoms with Crippen molar-refractivity contribution in [1.82, 2.24) is 0 Å². The molecule has 72 valence electrons. The van der Waals surface area contributed by atoms with E-state index < -0.39 is 0 Å². The Hall–Kier alpha value is 1.54. The van der Waals surface area contributed by atoms with E-state index in [1.165, 1.54) is 38.0 Å². The SMILES string of the molecule is CCCC[P]([Al+2])CCCC.[Cl-].[Cl-]. The molecule has 4 heteroatoms. The zero-order valence-electron chi connectivity index (χ0n) is 8.02. The van der Waals surface area contributed by atoms with Crippen LogP contribution in [0.1, 0.15) is 39.5 Å². The molecular formula is C8H18AlCl2P. The maximum atomic E-state index is 3.02. The third-order valence-corrected chi connectivity index (χ3v) is 4.93. The smallest absolute Gasteiger partial charge is 1.00 e. The summed E-state index contributed by atoms with van der Waals surface area (Å²) < 4.78 is 0. The molecule has 0 aliphatic rings. The van der Waals surface area contributed by atoms with Crippen LogP contribution in [0.2, 0.25) is 0 Å². The quantitative estimate of drug-likeness (QED) is 0.348. The van der Waals surface area contributed by atoms with Crippen molar-refractivity contribution >= 4 is 22.4 Å². The molecule has 0 heterocycles. The summed E-state index contributed by atoms with van der Waals surface area (Å²) in [5.41, 5.74) is 0. The van der Waals surface area contributed by atoms with E-state index in [0.29, 0.717) is 6.57 Å². The second-order valence-corrected chi connectivity index (χ2v) is 7.01. The van der Waals surface area contributed by atoms with Crippen LogP contribution in [-0.2, 0) is 0 Å². The summed E-state index contributed by atoms with van der Waals surface area (Å²) in [4.78, 5) is 0. The van der Waals surface area contributed by atoms with Crippen LogP contribution in [0.4, 0.5) is 0 Å². The van der Waals surface area contributed by atoms with Gasteiger partial charge in [0.25, 0.3) is 0 Å². The molecule has 0 N–H and O–H groups in total. The van der Waals surface area contributed by atoms with E-state index >= 15 is 0 Å². The number of hydrogen-bond donors (Lipinski definition) is 0. The van der Waals surface area contributed by atoms with Crippen LogP contribution in [0.5, 0.6) is 0 Å². The first kappa shape index (κ1) is 19.2. The Morgan fingerprint density at radius 3 is 1.50 bits per heavy atom. The van der Waals surface area contributed by atoms with Crippen molar-refractivity contribution < 1.29 is 24.8 Å². The van der Waals surface area contributed by atoms with Gasteiger partial charge >= 0.3 is 74.3 Å². The molecular weight excluding hydrogens is 225 g/mol. The normalized spacial score (nSPS) is 9.08. The second-order valence-electron chi connectivity index (χ2n) is 2.74. The molecule has 0 atom stereocenters. The van der Waals surface area contributed by atoms with Gasteiger partial charge in [0.2, 0.25) is 0 Å². The van der Waals surface area contributed by atoms with Gasteiger partial charge in [-0.1, -0.05) is 0 Å². The molecule has 0 fully saturated rings. The largest absolute Gasteiger partial charge is 1.00 e. The van der Waals surface area contributed by atoms with Crippen molar-refractivity contribution in [2.45, 2.75) is 39.5 Å². The molecule has 0 saturated carbocycles. The fourth-order valence-electron chi connectivity index (χ4n) is 0.834. The van der Waals surface area contributed by atoms with Gasteiger partial charge in [-0.25, -0.2) is 0 Å². The Labute approximate surface area is 98.9 Å². The minimum Gasteiger partial charge on any atom is -1.00 e. The zero-order chi connectivity index (χ0) is 7.82. The average molecular weight is 243 g/mol. The van der Waals surface area contributed by atoms with Crippen molar-refractivity contribution in [2.75, 3.05) is 12.3 Å². The fourth-order valence-corrected chi connectivity index (χ4v) is 3.60. The van der Waals surface area contributed by atoms with E-state index in [-0.39, 0.29) is 24.8 Å². The second kappa shape index (κ2) is 15.0. The molecule has 0 radical (unpaired) electrons. The summed E-state index contributed by atoms with van der Waals surface area (Å²) in [7, 11) is 0. The van der Waals surface area contributed by atoms with Crippen LogP contribution < -0.4 is 24.8 Å². The van der Waals surface area contributed by atoms with Crippen LogP contribution in [-0.4, -0.2) is 28.2 Å². The van der Waals surface area contributed by atoms with Crippen molar-refractivity contribution in [3.63, 3.8) is 0 Å². The van der Waals surface area contributed by atoms with Gasteiger partial charge in [0.15, 0.2) is 0 Å². The Bertz CT molecular complexity index is 66.1. The first-order valence-corrected chi connectivity index (χ1v) is 7.64. The van der Waals surface area contributed by atoms with Gasteiger partial charge in [0.05, 0.1) is 0 Å². The van der Waals surface area contributed by atoms with Crippen LogP contribution in [0.15, 0.2) is 0 Å². The molecule has 12 heavy (non-hydrogen) atoms. The molecule has 0 aliphatic heterocycles. The van der Waals surface area contributed by atoms with Crippen LogP contribution >= 0.6 is 6.57 Å². The maximum absolute atomic E-state index is 3.02. The van der Waals surface area contributed by atoms with Crippen molar-refractivity contribution in [3.8, 4) is 0 Å². The van der Waals surface area contributed by atoms with E-state index in [2.05, 4.69) is 29.7 Å². The third kappa shape index (κ3) is 14.1. The van der Waals surface area contributed by atoms with Gasteiger partial charge in [-0.05, 0) is 0 Å². The number of halogens is 2. The van der Waals surface area contributed by atoms with Crippen molar-refractivity contribution in [3.05, 3.63) is 0 Å². The van der Waals surface area contributed by atoms with E-state index in [9.17, 15) is 0 Å². The Balaban J connectivity index is -0.000000405.